The maximum absolute atomic E-state index is 13.1. The van der Waals surface area contributed by atoms with E-state index < -0.39 is 17.7 Å². The fraction of sp³-hybridized carbons (Fsp3) is 0.192. The molecule has 1 N–H and O–H groups in total. The number of ketones is 1. The van der Waals surface area contributed by atoms with E-state index in [0.29, 0.717) is 16.5 Å². The highest BCUT2D eigenvalue weighted by Crippen LogP contribution is 2.40. The number of aliphatic hydroxyl groups is 1. The highest BCUT2D eigenvalue weighted by atomic mass is 35.5. The summed E-state index contributed by atoms with van der Waals surface area (Å²) in [6, 6.07) is 17.3. The van der Waals surface area contributed by atoms with Crippen LogP contribution in [0.4, 0.5) is 0 Å². The van der Waals surface area contributed by atoms with Gasteiger partial charge in [-0.15, -0.1) is 0 Å². The standard InChI is InChI=1S/C26H23ClN2O3/c1-16(2)18-5-7-19(8-6-18)23-22(24(30)20-9-11-21(27)12-10-20)25(31)26(32)29(23)15-17-4-3-13-28-14-17/h3-14,16,23,30H,15H2,1-2H3/b24-22+/t23-/m0/s1. The summed E-state index contributed by atoms with van der Waals surface area (Å²) in [6.45, 7) is 4.40. The molecule has 6 heteroatoms. The van der Waals surface area contributed by atoms with E-state index in [1.165, 1.54) is 4.90 Å². The highest BCUT2D eigenvalue weighted by Gasteiger charge is 2.46. The van der Waals surface area contributed by atoms with Gasteiger partial charge in [0.25, 0.3) is 11.7 Å². The molecular weight excluding hydrogens is 424 g/mol. The number of aromatic nitrogens is 1. The normalized spacial score (nSPS) is 17.9. The minimum Gasteiger partial charge on any atom is -0.507 e. The van der Waals surface area contributed by atoms with E-state index in [1.807, 2.05) is 30.3 Å². The summed E-state index contributed by atoms with van der Waals surface area (Å²) in [5.74, 6) is -1.23. The quantitative estimate of drug-likeness (QED) is 0.320. The Labute approximate surface area is 192 Å². The number of Topliss-reactive ketones (excluding diaryl/α,β-unsaturated/α-hetero) is 1. The molecule has 162 valence electrons. The lowest BCUT2D eigenvalue weighted by Gasteiger charge is -2.25. The monoisotopic (exact) mass is 446 g/mol. The van der Waals surface area contributed by atoms with Crippen molar-refractivity contribution in [2.24, 2.45) is 0 Å². The van der Waals surface area contributed by atoms with Gasteiger partial charge in [0.2, 0.25) is 0 Å². The van der Waals surface area contributed by atoms with Crippen molar-refractivity contribution >= 4 is 29.1 Å². The number of carbonyl (C=O) groups excluding carboxylic acids is 2. The zero-order valence-electron chi connectivity index (χ0n) is 17.8. The molecule has 1 aliphatic rings. The summed E-state index contributed by atoms with van der Waals surface area (Å²) in [7, 11) is 0. The number of hydrogen-bond donors (Lipinski definition) is 1. The van der Waals surface area contributed by atoms with Crippen LogP contribution in [0.25, 0.3) is 5.76 Å². The molecule has 2 heterocycles. The van der Waals surface area contributed by atoms with Gasteiger partial charge in [-0.3, -0.25) is 14.6 Å². The largest absolute Gasteiger partial charge is 0.507 e. The number of hydrogen-bond acceptors (Lipinski definition) is 4. The van der Waals surface area contributed by atoms with Crippen LogP contribution in [-0.2, 0) is 16.1 Å². The fourth-order valence-corrected chi connectivity index (χ4v) is 4.03. The first kappa shape index (κ1) is 21.8. The zero-order chi connectivity index (χ0) is 22.8. The van der Waals surface area contributed by atoms with E-state index in [-0.39, 0.29) is 17.9 Å². The number of amides is 1. The Morgan fingerprint density at radius 1 is 1.06 bits per heavy atom. The third kappa shape index (κ3) is 4.16. The topological polar surface area (TPSA) is 70.5 Å². The maximum atomic E-state index is 13.1. The lowest BCUT2D eigenvalue weighted by molar-refractivity contribution is -0.140. The van der Waals surface area contributed by atoms with Gasteiger partial charge in [0.1, 0.15) is 5.76 Å². The molecule has 1 saturated heterocycles. The summed E-state index contributed by atoms with van der Waals surface area (Å²) in [6.07, 6.45) is 3.32. The summed E-state index contributed by atoms with van der Waals surface area (Å²) in [5.41, 5.74) is 3.20. The molecule has 0 aliphatic carbocycles. The molecule has 5 nitrogen and oxygen atoms in total. The molecular formula is C26H23ClN2O3. The SMILES string of the molecule is CC(C)c1ccc([C@H]2/C(=C(\O)c3ccc(Cl)cc3)C(=O)C(=O)N2Cc2cccnc2)cc1. The Morgan fingerprint density at radius 3 is 2.34 bits per heavy atom. The van der Waals surface area contributed by atoms with Crippen LogP contribution in [0.3, 0.4) is 0 Å². The molecule has 2 aromatic carbocycles. The van der Waals surface area contributed by atoms with Crippen molar-refractivity contribution in [3.63, 3.8) is 0 Å². The number of halogens is 1. The van der Waals surface area contributed by atoms with Gasteiger partial charge < -0.3 is 10.0 Å². The second-order valence-corrected chi connectivity index (χ2v) is 8.55. The van der Waals surface area contributed by atoms with Gasteiger partial charge >= 0.3 is 0 Å². The molecule has 3 aromatic rings. The van der Waals surface area contributed by atoms with E-state index in [2.05, 4.69) is 18.8 Å². The zero-order valence-corrected chi connectivity index (χ0v) is 18.6. The third-order valence-corrected chi connectivity index (χ3v) is 5.90. The Kier molecular flexibility index (Phi) is 6.10. The van der Waals surface area contributed by atoms with Gasteiger partial charge in [0.05, 0.1) is 11.6 Å². The number of rotatable bonds is 5. The van der Waals surface area contributed by atoms with Crippen LogP contribution in [0.5, 0.6) is 0 Å². The minimum absolute atomic E-state index is 0.0681. The lowest BCUT2D eigenvalue weighted by atomic mass is 9.93. The molecule has 0 radical (unpaired) electrons. The van der Waals surface area contributed by atoms with Gasteiger partial charge in [0, 0.05) is 29.5 Å². The van der Waals surface area contributed by atoms with Gasteiger partial charge in [-0.1, -0.05) is 55.8 Å². The number of aliphatic hydroxyl groups excluding tert-OH is 1. The van der Waals surface area contributed by atoms with Crippen molar-refractivity contribution < 1.29 is 14.7 Å². The number of pyridine rings is 1. The summed E-state index contributed by atoms with van der Waals surface area (Å²) < 4.78 is 0. The number of likely N-dealkylation sites (tertiary alicyclic amines) is 1. The van der Waals surface area contributed by atoms with Gasteiger partial charge in [-0.05, 0) is 52.9 Å². The Hall–Kier alpha value is -3.44. The van der Waals surface area contributed by atoms with Crippen molar-refractivity contribution in [3.05, 3.63) is 106 Å². The number of carbonyl (C=O) groups is 2. The Morgan fingerprint density at radius 2 is 1.75 bits per heavy atom. The maximum Gasteiger partial charge on any atom is 0.295 e. The second-order valence-electron chi connectivity index (χ2n) is 8.12. The molecule has 1 amide bonds. The van der Waals surface area contributed by atoms with Crippen LogP contribution < -0.4 is 0 Å². The van der Waals surface area contributed by atoms with E-state index in [1.54, 1.807) is 42.7 Å². The van der Waals surface area contributed by atoms with E-state index in [0.717, 1.165) is 16.7 Å². The Balaban J connectivity index is 1.84. The molecule has 0 unspecified atom stereocenters. The molecule has 32 heavy (non-hydrogen) atoms. The van der Waals surface area contributed by atoms with Gasteiger partial charge in [-0.2, -0.15) is 0 Å². The van der Waals surface area contributed by atoms with E-state index >= 15 is 0 Å². The fourth-order valence-electron chi connectivity index (χ4n) is 3.90. The first-order valence-electron chi connectivity index (χ1n) is 10.4. The highest BCUT2D eigenvalue weighted by molar-refractivity contribution is 6.46. The summed E-state index contributed by atoms with van der Waals surface area (Å²) in [4.78, 5) is 31.8. The third-order valence-electron chi connectivity index (χ3n) is 5.65. The smallest absolute Gasteiger partial charge is 0.295 e. The molecule has 1 aliphatic heterocycles. The predicted octanol–water partition coefficient (Wildman–Crippen LogP) is 5.48. The second kappa shape index (κ2) is 8.97. The first-order valence-corrected chi connectivity index (χ1v) is 10.8. The van der Waals surface area contributed by atoms with Crippen LogP contribution in [0, 0.1) is 0 Å². The van der Waals surface area contributed by atoms with Gasteiger partial charge in [-0.25, -0.2) is 0 Å². The molecule has 0 spiro atoms. The molecule has 0 saturated carbocycles. The summed E-state index contributed by atoms with van der Waals surface area (Å²) >= 11 is 5.97. The van der Waals surface area contributed by atoms with Crippen molar-refractivity contribution in [1.82, 2.24) is 9.88 Å². The average Bonchev–Trinajstić information content (AvgIpc) is 3.05. The van der Waals surface area contributed by atoms with Crippen molar-refractivity contribution in [3.8, 4) is 0 Å². The van der Waals surface area contributed by atoms with Crippen molar-refractivity contribution in [2.75, 3.05) is 0 Å². The molecule has 1 fully saturated rings. The number of nitrogens with zero attached hydrogens (tertiary/aromatic N) is 2. The van der Waals surface area contributed by atoms with Crippen LogP contribution in [0.2, 0.25) is 5.02 Å². The summed E-state index contributed by atoms with van der Waals surface area (Å²) in [5, 5.41) is 11.6. The van der Waals surface area contributed by atoms with Gasteiger partial charge in [0.15, 0.2) is 0 Å². The number of benzene rings is 2. The van der Waals surface area contributed by atoms with Crippen LogP contribution in [0.15, 0.2) is 78.6 Å². The average molecular weight is 447 g/mol. The molecule has 4 rings (SSSR count). The van der Waals surface area contributed by atoms with Crippen LogP contribution >= 0.6 is 11.6 Å². The lowest BCUT2D eigenvalue weighted by Crippen LogP contribution is -2.29. The first-order chi connectivity index (χ1) is 15.4. The predicted molar refractivity (Wildman–Crippen MR) is 124 cm³/mol. The molecule has 1 aromatic heterocycles. The Bertz CT molecular complexity index is 1170. The van der Waals surface area contributed by atoms with Crippen molar-refractivity contribution in [1.29, 1.82) is 0 Å². The van der Waals surface area contributed by atoms with Crippen molar-refractivity contribution in [2.45, 2.75) is 32.4 Å². The van der Waals surface area contributed by atoms with E-state index in [4.69, 9.17) is 11.6 Å². The molecule has 1 atom stereocenters. The van der Waals surface area contributed by atoms with Crippen LogP contribution in [0.1, 0.15) is 48.1 Å². The van der Waals surface area contributed by atoms with Crippen LogP contribution in [-0.4, -0.2) is 26.7 Å². The molecule has 0 bridgehead atoms. The minimum atomic E-state index is -0.716. The van der Waals surface area contributed by atoms with E-state index in [9.17, 15) is 14.7 Å².